The topological polar surface area (TPSA) is 77.1 Å². The van der Waals surface area contributed by atoms with E-state index in [0.717, 1.165) is 44.8 Å². The average Bonchev–Trinajstić information content (AvgIpc) is 3.43. The lowest BCUT2D eigenvalue weighted by Gasteiger charge is -2.13. The van der Waals surface area contributed by atoms with Gasteiger partial charge in [0.15, 0.2) is 5.65 Å². The molecule has 32 heavy (non-hydrogen) atoms. The minimum absolute atomic E-state index is 0.0255. The number of carbonyl (C=O) groups excluding carboxylic acids is 1. The Labute approximate surface area is 185 Å². The minimum Gasteiger partial charge on any atom is -0.326 e. The molecule has 0 fully saturated rings. The Kier molecular flexibility index (Phi) is 5.15. The van der Waals surface area contributed by atoms with E-state index >= 15 is 0 Å². The van der Waals surface area contributed by atoms with E-state index in [-0.39, 0.29) is 5.91 Å². The van der Waals surface area contributed by atoms with Crippen LogP contribution >= 0.6 is 0 Å². The maximum atomic E-state index is 12.8. The highest BCUT2D eigenvalue weighted by atomic mass is 16.1. The normalized spacial score (nSPS) is 11.3. The van der Waals surface area contributed by atoms with Crippen LogP contribution in [0.3, 0.4) is 0 Å². The molecule has 3 heterocycles. The fourth-order valence-electron chi connectivity index (χ4n) is 4.14. The zero-order valence-electron chi connectivity index (χ0n) is 18.1. The van der Waals surface area contributed by atoms with Gasteiger partial charge in [0.1, 0.15) is 0 Å². The number of carbonyl (C=O) groups is 1. The molecule has 0 saturated heterocycles. The fraction of sp³-hybridized carbons (Fsp3) is 0.200. The summed E-state index contributed by atoms with van der Waals surface area (Å²) in [5, 5.41) is 13.1. The van der Waals surface area contributed by atoms with E-state index in [2.05, 4.69) is 10.4 Å². The predicted molar refractivity (Wildman–Crippen MR) is 125 cm³/mol. The van der Waals surface area contributed by atoms with Crippen molar-refractivity contribution in [3.8, 4) is 0 Å². The van der Waals surface area contributed by atoms with Gasteiger partial charge in [-0.05, 0) is 55.7 Å². The predicted octanol–water partition coefficient (Wildman–Crippen LogP) is 4.32. The highest BCUT2D eigenvalue weighted by molar-refractivity contribution is 5.93. The van der Waals surface area contributed by atoms with Gasteiger partial charge in [-0.15, -0.1) is 0 Å². The van der Waals surface area contributed by atoms with Gasteiger partial charge in [0.25, 0.3) is 0 Å². The molecule has 1 amide bonds. The van der Waals surface area contributed by atoms with Crippen LogP contribution < -0.4 is 5.32 Å². The number of fused-ring (bicyclic) bond motifs is 3. The number of hydrogen-bond donors (Lipinski definition) is 1. The van der Waals surface area contributed by atoms with Crippen molar-refractivity contribution >= 4 is 28.1 Å². The van der Waals surface area contributed by atoms with Crippen LogP contribution in [-0.4, -0.2) is 30.3 Å². The molecule has 3 aromatic heterocycles. The van der Waals surface area contributed by atoms with Gasteiger partial charge in [-0.25, -0.2) is 9.50 Å². The molecule has 0 aliphatic carbocycles. The molecule has 0 saturated carbocycles. The van der Waals surface area contributed by atoms with E-state index in [0.29, 0.717) is 19.4 Å². The molecule has 0 unspecified atom stereocenters. The SMILES string of the molecule is Cc1nc2c3ccccc3nn2c(C)c1CCC(=O)Nc1ccccc1Cn1cccn1. The number of amides is 1. The summed E-state index contributed by atoms with van der Waals surface area (Å²) < 4.78 is 3.73. The van der Waals surface area contributed by atoms with Crippen molar-refractivity contribution in [3.05, 3.63) is 89.5 Å². The summed E-state index contributed by atoms with van der Waals surface area (Å²) in [7, 11) is 0. The maximum Gasteiger partial charge on any atom is 0.224 e. The van der Waals surface area contributed by atoms with Gasteiger partial charge in [0.2, 0.25) is 5.91 Å². The van der Waals surface area contributed by atoms with E-state index in [9.17, 15) is 4.79 Å². The zero-order chi connectivity index (χ0) is 22.1. The van der Waals surface area contributed by atoms with E-state index in [1.807, 2.05) is 83.8 Å². The second kappa shape index (κ2) is 8.26. The molecule has 5 aromatic rings. The number of rotatable bonds is 6. The van der Waals surface area contributed by atoms with E-state index in [4.69, 9.17) is 10.1 Å². The highest BCUT2D eigenvalue weighted by Crippen LogP contribution is 2.23. The van der Waals surface area contributed by atoms with Gasteiger partial charge >= 0.3 is 0 Å². The molecule has 160 valence electrons. The summed E-state index contributed by atoms with van der Waals surface area (Å²) in [4.78, 5) is 17.6. The smallest absolute Gasteiger partial charge is 0.224 e. The van der Waals surface area contributed by atoms with Crippen molar-refractivity contribution in [2.45, 2.75) is 33.2 Å². The molecule has 0 spiro atoms. The van der Waals surface area contributed by atoms with Gasteiger partial charge in [-0.3, -0.25) is 9.48 Å². The highest BCUT2D eigenvalue weighted by Gasteiger charge is 2.15. The number of anilines is 1. The maximum absolute atomic E-state index is 12.8. The van der Waals surface area contributed by atoms with E-state index in [1.165, 1.54) is 0 Å². The zero-order valence-corrected chi connectivity index (χ0v) is 18.1. The number of para-hydroxylation sites is 1. The molecule has 0 radical (unpaired) electrons. The third-order valence-corrected chi connectivity index (χ3v) is 5.80. The lowest BCUT2D eigenvalue weighted by molar-refractivity contribution is -0.116. The fourth-order valence-corrected chi connectivity index (χ4v) is 4.14. The minimum atomic E-state index is -0.0255. The first-order chi connectivity index (χ1) is 15.6. The summed E-state index contributed by atoms with van der Waals surface area (Å²) in [6, 6.07) is 17.7. The van der Waals surface area contributed by atoms with E-state index in [1.54, 1.807) is 6.20 Å². The largest absolute Gasteiger partial charge is 0.326 e. The van der Waals surface area contributed by atoms with Gasteiger partial charge in [0, 0.05) is 41.3 Å². The molecule has 7 heteroatoms. The molecule has 0 atom stereocenters. The Morgan fingerprint density at radius 2 is 1.84 bits per heavy atom. The first-order valence-electron chi connectivity index (χ1n) is 10.7. The Hall–Kier alpha value is -4.00. The standard InChI is InChI=1S/C25H24N6O/c1-17-20(18(2)31-25(27-17)21-9-4-6-11-23(21)29-31)12-13-24(32)28-22-10-5-3-8-19(22)16-30-15-7-14-26-30/h3-11,14-15H,12-13,16H2,1-2H3,(H,28,32). The molecular weight excluding hydrogens is 400 g/mol. The molecular formula is C25H24N6O. The number of aromatic nitrogens is 5. The Balaban J connectivity index is 1.34. The molecule has 7 nitrogen and oxygen atoms in total. The second-order valence-corrected chi connectivity index (χ2v) is 7.92. The number of aryl methyl sites for hydroxylation is 2. The lowest BCUT2D eigenvalue weighted by Crippen LogP contribution is -2.16. The van der Waals surface area contributed by atoms with Crippen LogP contribution in [0.2, 0.25) is 0 Å². The Morgan fingerprint density at radius 1 is 1.03 bits per heavy atom. The summed E-state index contributed by atoms with van der Waals surface area (Å²) in [6.07, 6.45) is 4.63. The van der Waals surface area contributed by atoms with Crippen molar-refractivity contribution < 1.29 is 4.79 Å². The van der Waals surface area contributed by atoms with Crippen molar-refractivity contribution in [1.82, 2.24) is 24.4 Å². The number of nitrogens with one attached hydrogen (secondary N) is 1. The van der Waals surface area contributed by atoms with Crippen molar-refractivity contribution in [2.24, 2.45) is 0 Å². The van der Waals surface area contributed by atoms with Crippen LogP contribution in [0.1, 0.15) is 28.9 Å². The van der Waals surface area contributed by atoms with Crippen molar-refractivity contribution in [2.75, 3.05) is 5.32 Å². The lowest BCUT2D eigenvalue weighted by atomic mass is 10.1. The van der Waals surface area contributed by atoms with Crippen LogP contribution in [0.15, 0.2) is 67.0 Å². The molecule has 0 aliphatic heterocycles. The van der Waals surface area contributed by atoms with Crippen LogP contribution in [0.4, 0.5) is 5.69 Å². The molecule has 1 N–H and O–H groups in total. The molecule has 5 rings (SSSR count). The van der Waals surface area contributed by atoms with E-state index < -0.39 is 0 Å². The monoisotopic (exact) mass is 424 g/mol. The van der Waals surface area contributed by atoms with Crippen LogP contribution in [0, 0.1) is 13.8 Å². The summed E-state index contributed by atoms with van der Waals surface area (Å²) in [6.45, 7) is 4.65. The first-order valence-corrected chi connectivity index (χ1v) is 10.7. The van der Waals surface area contributed by atoms with Crippen LogP contribution in [0.5, 0.6) is 0 Å². The summed E-state index contributed by atoms with van der Waals surface area (Å²) in [5.41, 5.74) is 6.63. The number of nitrogens with zero attached hydrogens (tertiary/aromatic N) is 5. The average molecular weight is 425 g/mol. The van der Waals surface area contributed by atoms with Crippen molar-refractivity contribution in [1.29, 1.82) is 0 Å². The quantitative estimate of drug-likeness (QED) is 0.441. The Bertz CT molecular complexity index is 1420. The first kappa shape index (κ1) is 19.9. The summed E-state index contributed by atoms with van der Waals surface area (Å²) >= 11 is 0. The third kappa shape index (κ3) is 3.73. The molecule has 0 aliphatic rings. The third-order valence-electron chi connectivity index (χ3n) is 5.80. The van der Waals surface area contributed by atoms with Crippen LogP contribution in [-0.2, 0) is 17.8 Å². The Morgan fingerprint density at radius 3 is 2.69 bits per heavy atom. The number of benzene rings is 2. The van der Waals surface area contributed by atoms with Gasteiger partial charge in [0.05, 0.1) is 12.1 Å². The molecule has 2 aromatic carbocycles. The molecule has 0 bridgehead atoms. The van der Waals surface area contributed by atoms with Crippen molar-refractivity contribution in [3.63, 3.8) is 0 Å². The second-order valence-electron chi connectivity index (χ2n) is 7.92. The number of hydrogen-bond acceptors (Lipinski definition) is 4. The summed E-state index contributed by atoms with van der Waals surface area (Å²) in [5.74, 6) is -0.0255. The van der Waals surface area contributed by atoms with Crippen LogP contribution in [0.25, 0.3) is 16.6 Å². The van der Waals surface area contributed by atoms with Gasteiger partial charge in [-0.1, -0.05) is 30.3 Å². The van der Waals surface area contributed by atoms with Gasteiger partial charge < -0.3 is 5.32 Å². The van der Waals surface area contributed by atoms with Gasteiger partial charge in [-0.2, -0.15) is 10.2 Å².